The number of aromatic nitrogens is 5. The van der Waals surface area contributed by atoms with E-state index in [-0.39, 0.29) is 6.04 Å². The number of ether oxygens (including phenoxy) is 1. The van der Waals surface area contributed by atoms with E-state index in [1.54, 1.807) is 37.4 Å². The first-order valence-corrected chi connectivity index (χ1v) is 6.87. The van der Waals surface area contributed by atoms with Crippen molar-refractivity contribution in [1.82, 2.24) is 24.5 Å². The molecule has 0 radical (unpaired) electrons. The Kier molecular flexibility index (Phi) is 5.04. The summed E-state index contributed by atoms with van der Waals surface area (Å²) in [6.45, 7) is 5.52. The normalized spacial score (nSPS) is 12.2. The van der Waals surface area contributed by atoms with Crippen molar-refractivity contribution in [2.45, 2.75) is 19.9 Å². The minimum atomic E-state index is 0.169. The third-order valence-electron chi connectivity index (χ3n) is 3.11. The average molecular weight is 291 g/mol. The first-order valence-electron chi connectivity index (χ1n) is 6.87. The van der Waals surface area contributed by atoms with E-state index in [0.717, 1.165) is 6.54 Å². The SMILES string of the molecule is CCN(c1nc(NC)nc(-n2ccnc2)n1)C(C)COC. The number of methoxy groups -OCH3 is 1. The summed E-state index contributed by atoms with van der Waals surface area (Å²) in [5, 5.41) is 2.97. The molecular weight excluding hydrogens is 270 g/mol. The minimum Gasteiger partial charge on any atom is -0.383 e. The maximum atomic E-state index is 5.22. The number of rotatable bonds is 7. The van der Waals surface area contributed by atoms with E-state index in [0.29, 0.717) is 24.5 Å². The Morgan fingerprint density at radius 3 is 2.76 bits per heavy atom. The van der Waals surface area contributed by atoms with Crippen LogP contribution in [0.4, 0.5) is 11.9 Å². The van der Waals surface area contributed by atoms with E-state index in [9.17, 15) is 0 Å². The van der Waals surface area contributed by atoms with Crippen LogP contribution < -0.4 is 10.2 Å². The highest BCUT2D eigenvalue weighted by atomic mass is 16.5. The summed E-state index contributed by atoms with van der Waals surface area (Å²) in [7, 11) is 3.47. The molecule has 0 saturated carbocycles. The Morgan fingerprint density at radius 1 is 1.38 bits per heavy atom. The lowest BCUT2D eigenvalue weighted by Crippen LogP contribution is -2.37. The smallest absolute Gasteiger partial charge is 0.241 e. The van der Waals surface area contributed by atoms with Crippen molar-refractivity contribution in [1.29, 1.82) is 0 Å². The maximum Gasteiger partial charge on any atom is 0.241 e. The van der Waals surface area contributed by atoms with Crippen LogP contribution in [0.5, 0.6) is 0 Å². The van der Waals surface area contributed by atoms with Crippen molar-refractivity contribution in [3.8, 4) is 5.95 Å². The summed E-state index contributed by atoms with van der Waals surface area (Å²) < 4.78 is 6.97. The molecule has 0 aliphatic carbocycles. The highest BCUT2D eigenvalue weighted by Crippen LogP contribution is 2.15. The maximum absolute atomic E-state index is 5.22. The second-order valence-corrected chi connectivity index (χ2v) is 4.57. The summed E-state index contributed by atoms with van der Waals surface area (Å²) in [4.78, 5) is 19.4. The van der Waals surface area contributed by atoms with Crippen LogP contribution in [-0.2, 0) is 4.74 Å². The molecule has 1 atom stereocenters. The molecule has 114 valence electrons. The number of imidazole rings is 1. The number of likely N-dealkylation sites (N-methyl/N-ethyl adjacent to an activating group) is 1. The molecule has 1 unspecified atom stereocenters. The van der Waals surface area contributed by atoms with Crippen molar-refractivity contribution in [3.05, 3.63) is 18.7 Å². The Hall–Kier alpha value is -2.22. The van der Waals surface area contributed by atoms with Crippen LogP contribution in [0.2, 0.25) is 0 Å². The predicted octanol–water partition coefficient (Wildman–Crippen LogP) is 0.960. The summed E-state index contributed by atoms with van der Waals surface area (Å²) in [6.07, 6.45) is 5.15. The number of nitrogens with zero attached hydrogens (tertiary/aromatic N) is 6. The van der Waals surface area contributed by atoms with Crippen molar-refractivity contribution in [2.75, 3.05) is 37.5 Å². The van der Waals surface area contributed by atoms with Crippen molar-refractivity contribution in [2.24, 2.45) is 0 Å². The fraction of sp³-hybridized carbons (Fsp3) is 0.538. The second-order valence-electron chi connectivity index (χ2n) is 4.57. The lowest BCUT2D eigenvalue weighted by molar-refractivity contribution is 0.181. The molecule has 2 rings (SSSR count). The molecule has 0 fully saturated rings. The van der Waals surface area contributed by atoms with E-state index in [1.165, 1.54) is 0 Å². The van der Waals surface area contributed by atoms with Gasteiger partial charge >= 0.3 is 0 Å². The quantitative estimate of drug-likeness (QED) is 0.813. The van der Waals surface area contributed by atoms with Crippen molar-refractivity contribution in [3.63, 3.8) is 0 Å². The van der Waals surface area contributed by atoms with Gasteiger partial charge in [0.2, 0.25) is 17.8 Å². The standard InChI is InChI=1S/C13H21N7O/c1-5-20(10(2)8-21-4)13-17-11(14-3)16-12(18-13)19-7-6-15-9-19/h6-7,9-10H,5,8H2,1-4H3,(H,14,16,17,18). The Labute approximate surface area is 124 Å². The molecule has 0 aliphatic rings. The zero-order valence-electron chi connectivity index (χ0n) is 12.8. The molecular formula is C13H21N7O. The van der Waals surface area contributed by atoms with Gasteiger partial charge in [-0.05, 0) is 13.8 Å². The van der Waals surface area contributed by atoms with Crippen LogP contribution in [0.3, 0.4) is 0 Å². The minimum absolute atomic E-state index is 0.169. The van der Waals surface area contributed by atoms with Crippen LogP contribution in [0.1, 0.15) is 13.8 Å². The largest absolute Gasteiger partial charge is 0.383 e. The predicted molar refractivity (Wildman–Crippen MR) is 80.9 cm³/mol. The van der Waals surface area contributed by atoms with Gasteiger partial charge in [-0.25, -0.2) is 4.98 Å². The van der Waals surface area contributed by atoms with Crippen molar-refractivity contribution >= 4 is 11.9 Å². The van der Waals surface area contributed by atoms with Gasteiger partial charge in [-0.3, -0.25) is 4.57 Å². The van der Waals surface area contributed by atoms with Crippen LogP contribution in [0.15, 0.2) is 18.7 Å². The molecule has 0 bridgehead atoms. The van der Waals surface area contributed by atoms with Gasteiger partial charge in [0, 0.05) is 33.1 Å². The summed E-state index contributed by atoms with van der Waals surface area (Å²) >= 11 is 0. The number of anilines is 2. The lowest BCUT2D eigenvalue weighted by atomic mass is 10.3. The first kappa shape index (κ1) is 15.2. The molecule has 1 N–H and O–H groups in total. The Morgan fingerprint density at radius 2 is 2.19 bits per heavy atom. The lowest BCUT2D eigenvalue weighted by Gasteiger charge is -2.27. The van der Waals surface area contributed by atoms with Gasteiger partial charge in [0.15, 0.2) is 0 Å². The fourth-order valence-corrected chi connectivity index (χ4v) is 2.07. The van der Waals surface area contributed by atoms with Gasteiger partial charge in [0.25, 0.3) is 0 Å². The summed E-state index contributed by atoms with van der Waals surface area (Å²) in [6, 6.07) is 0.169. The van der Waals surface area contributed by atoms with Gasteiger partial charge in [-0.15, -0.1) is 0 Å². The van der Waals surface area contributed by atoms with E-state index in [4.69, 9.17) is 4.74 Å². The van der Waals surface area contributed by atoms with Crippen LogP contribution in [-0.4, -0.2) is 57.9 Å². The van der Waals surface area contributed by atoms with Crippen molar-refractivity contribution < 1.29 is 4.74 Å². The van der Waals surface area contributed by atoms with Gasteiger partial charge in [-0.1, -0.05) is 0 Å². The monoisotopic (exact) mass is 291 g/mol. The van der Waals surface area contributed by atoms with Gasteiger partial charge in [-0.2, -0.15) is 15.0 Å². The molecule has 8 heteroatoms. The van der Waals surface area contributed by atoms with E-state index >= 15 is 0 Å². The molecule has 0 saturated heterocycles. The molecule has 21 heavy (non-hydrogen) atoms. The Bertz CT molecular complexity index is 558. The molecule has 2 heterocycles. The molecule has 0 aromatic carbocycles. The molecule has 8 nitrogen and oxygen atoms in total. The van der Waals surface area contributed by atoms with Crippen LogP contribution >= 0.6 is 0 Å². The molecule has 2 aromatic rings. The molecule has 0 spiro atoms. The third-order valence-corrected chi connectivity index (χ3v) is 3.11. The summed E-state index contributed by atoms with van der Waals surface area (Å²) in [5.41, 5.74) is 0. The van der Waals surface area contributed by atoms with Gasteiger partial charge in [0.1, 0.15) is 6.33 Å². The average Bonchev–Trinajstić information content (AvgIpc) is 3.02. The zero-order valence-corrected chi connectivity index (χ0v) is 12.8. The topological polar surface area (TPSA) is 81.0 Å². The highest BCUT2D eigenvalue weighted by molar-refractivity contribution is 5.40. The highest BCUT2D eigenvalue weighted by Gasteiger charge is 2.18. The summed E-state index contributed by atoms with van der Waals surface area (Å²) in [5.74, 6) is 1.67. The Balaban J connectivity index is 2.40. The number of nitrogens with one attached hydrogen (secondary N) is 1. The fourth-order valence-electron chi connectivity index (χ4n) is 2.07. The van der Waals surface area contributed by atoms with Crippen LogP contribution in [0.25, 0.3) is 5.95 Å². The first-order chi connectivity index (χ1) is 10.2. The second kappa shape index (κ2) is 6.98. The number of hydrogen-bond acceptors (Lipinski definition) is 7. The van der Waals surface area contributed by atoms with Gasteiger partial charge < -0.3 is 15.0 Å². The third kappa shape index (κ3) is 3.46. The number of hydrogen-bond donors (Lipinski definition) is 1. The molecule has 0 amide bonds. The molecule has 0 aliphatic heterocycles. The molecule has 2 aromatic heterocycles. The van der Waals surface area contributed by atoms with E-state index < -0.39 is 0 Å². The van der Waals surface area contributed by atoms with Crippen LogP contribution in [0, 0.1) is 0 Å². The van der Waals surface area contributed by atoms with E-state index in [2.05, 4.69) is 44.0 Å². The van der Waals surface area contributed by atoms with Gasteiger partial charge in [0.05, 0.1) is 12.6 Å². The van der Waals surface area contributed by atoms with E-state index in [1.807, 2.05) is 0 Å². The zero-order chi connectivity index (χ0) is 15.2.